The van der Waals surface area contributed by atoms with E-state index in [1.165, 1.54) is 44.2 Å². The fourth-order valence-electron chi connectivity index (χ4n) is 10.5. The van der Waals surface area contributed by atoms with Crippen molar-refractivity contribution >= 4 is 70.9 Å². The maximum Gasteiger partial charge on any atom is 0.326 e. The zero-order chi connectivity index (χ0) is 76.6. The maximum absolute atomic E-state index is 13.6. The fourth-order valence-corrected chi connectivity index (χ4v) is 10.5. The van der Waals surface area contributed by atoms with E-state index >= 15 is 0 Å². The number of aliphatic carboxylic acids is 2. The lowest BCUT2D eigenvalue weighted by Gasteiger charge is -2.27. The zero-order valence-electron chi connectivity index (χ0n) is 61.5. The molecule has 0 aliphatic heterocycles. The Kier molecular flexibility index (Phi) is 57.9. The number of carboxylic acid groups (broad SMARTS) is 2. The van der Waals surface area contributed by atoms with Gasteiger partial charge in [0.05, 0.1) is 79.3 Å². The van der Waals surface area contributed by atoms with Crippen LogP contribution >= 0.6 is 0 Å². The van der Waals surface area contributed by atoms with Crippen LogP contribution in [0.2, 0.25) is 0 Å². The van der Waals surface area contributed by atoms with Gasteiger partial charge in [-0.1, -0.05) is 109 Å². The Balaban J connectivity index is 1.97. The van der Waals surface area contributed by atoms with E-state index in [0.29, 0.717) is 50.8 Å². The van der Waals surface area contributed by atoms with Crippen LogP contribution in [-0.2, 0) is 97.1 Å². The molecule has 1 unspecified atom stereocenters. The van der Waals surface area contributed by atoms with Crippen molar-refractivity contribution in [3.63, 3.8) is 0 Å². The Morgan fingerprint density at radius 2 is 0.798 bits per heavy atom. The van der Waals surface area contributed by atoms with Crippen molar-refractivity contribution in [1.82, 2.24) is 42.5 Å². The first-order valence-electron chi connectivity index (χ1n) is 36.8. The van der Waals surface area contributed by atoms with Crippen LogP contribution < -0.4 is 54.0 Å². The number of amides is 8. The number of phenolic OH excluding ortho intramolecular Hbond substituents is 1. The molecule has 33 nitrogen and oxygen atoms in total. The number of carbonyl (C=O) groups excluding carboxylic acids is 9. The van der Waals surface area contributed by atoms with E-state index in [1.807, 2.05) is 0 Å². The number of aromatic hydroxyl groups is 1. The molecule has 8 amide bonds. The number of rotatable bonds is 71. The number of ether oxygens (including phenoxy) is 8. The number of benzene rings is 1. The van der Waals surface area contributed by atoms with E-state index in [4.69, 9.17) is 59.9 Å². The topological polar surface area (TPSA) is 494 Å². The van der Waals surface area contributed by atoms with Crippen molar-refractivity contribution < 1.29 is 106 Å². The fraction of sp³-hybridized carbons (Fsp3) is 0.746. The number of ketones is 1. The molecule has 594 valence electrons. The van der Waals surface area contributed by atoms with Crippen molar-refractivity contribution in [3.05, 3.63) is 29.8 Å². The molecule has 0 fully saturated rings. The highest BCUT2D eigenvalue weighted by Crippen LogP contribution is 2.25. The molecular weight excluding hydrogens is 1360 g/mol. The molecule has 0 saturated heterocycles. The molecule has 0 aromatic heterocycles. The number of phenols is 1. The number of guanidine groups is 1. The predicted molar refractivity (Wildman–Crippen MR) is 385 cm³/mol. The number of primary amides is 1. The highest BCUT2D eigenvalue weighted by Gasteiger charge is 2.34. The first kappa shape index (κ1) is 94.4. The van der Waals surface area contributed by atoms with E-state index in [1.54, 1.807) is 26.0 Å². The lowest BCUT2D eigenvalue weighted by molar-refractivity contribution is -0.142. The monoisotopic (exact) mass is 1480 g/mol. The summed E-state index contributed by atoms with van der Waals surface area (Å²) in [4.78, 5) is 135. The Labute approximate surface area is 612 Å². The second-order valence-corrected chi connectivity index (χ2v) is 25.3. The molecule has 1 aromatic rings. The summed E-state index contributed by atoms with van der Waals surface area (Å²) in [7, 11) is 0. The van der Waals surface area contributed by atoms with E-state index in [0.717, 1.165) is 51.4 Å². The summed E-state index contributed by atoms with van der Waals surface area (Å²) < 4.78 is 43.0. The van der Waals surface area contributed by atoms with Crippen molar-refractivity contribution in [1.29, 1.82) is 5.41 Å². The maximum atomic E-state index is 13.6. The number of hydrogen-bond acceptors (Lipinski definition) is 21. The van der Waals surface area contributed by atoms with Gasteiger partial charge in [0.2, 0.25) is 47.3 Å². The van der Waals surface area contributed by atoms with Crippen molar-refractivity contribution in [3.8, 4) is 5.75 Å². The largest absolute Gasteiger partial charge is 0.508 e. The highest BCUT2D eigenvalue weighted by atomic mass is 16.5. The van der Waals surface area contributed by atoms with Gasteiger partial charge < -0.3 is 107 Å². The lowest BCUT2D eigenvalue weighted by Crippen LogP contribution is -2.49. The molecule has 0 bridgehead atoms. The minimum Gasteiger partial charge on any atom is -0.508 e. The van der Waals surface area contributed by atoms with Gasteiger partial charge in [-0.2, -0.15) is 0 Å². The second-order valence-electron chi connectivity index (χ2n) is 25.3. The molecule has 33 heteroatoms. The Hall–Kier alpha value is -7.66. The number of carbonyl (C=O) groups is 11. The van der Waals surface area contributed by atoms with E-state index in [2.05, 4.69) is 42.5 Å². The molecule has 1 aromatic carbocycles. The third kappa shape index (κ3) is 55.8. The van der Waals surface area contributed by atoms with Gasteiger partial charge in [0, 0.05) is 82.7 Å². The van der Waals surface area contributed by atoms with Crippen LogP contribution in [0.5, 0.6) is 5.75 Å². The summed E-state index contributed by atoms with van der Waals surface area (Å²) in [6.07, 6.45) is 17.7. The summed E-state index contributed by atoms with van der Waals surface area (Å²) in [5, 5.41) is 56.6. The first-order chi connectivity index (χ1) is 50.1. The van der Waals surface area contributed by atoms with Gasteiger partial charge in [0.25, 0.3) is 0 Å². The lowest BCUT2D eigenvalue weighted by atomic mass is 9.80. The Bertz CT molecular complexity index is 2580. The third-order valence-corrected chi connectivity index (χ3v) is 16.3. The van der Waals surface area contributed by atoms with Gasteiger partial charge in [-0.25, -0.2) is 4.79 Å². The van der Waals surface area contributed by atoms with E-state index < -0.39 is 53.6 Å². The normalized spacial score (nSPS) is 12.6. The summed E-state index contributed by atoms with van der Waals surface area (Å²) >= 11 is 0. The van der Waals surface area contributed by atoms with Crippen LogP contribution in [0.1, 0.15) is 167 Å². The summed E-state index contributed by atoms with van der Waals surface area (Å²) in [5.41, 5.74) is 11.7. The van der Waals surface area contributed by atoms with Gasteiger partial charge in [0.15, 0.2) is 5.96 Å². The van der Waals surface area contributed by atoms with Crippen LogP contribution in [-0.4, -0.2) is 243 Å². The zero-order valence-corrected chi connectivity index (χ0v) is 61.5. The number of carboxylic acids is 2. The van der Waals surface area contributed by atoms with E-state index in [9.17, 15) is 63.0 Å². The van der Waals surface area contributed by atoms with E-state index in [-0.39, 0.29) is 223 Å². The molecule has 0 spiro atoms. The van der Waals surface area contributed by atoms with Gasteiger partial charge >= 0.3 is 11.9 Å². The number of Topliss-reactive ketones (excluding diaryl/α,β-unsaturated/α-hetero) is 1. The average molecular weight is 1480 g/mol. The number of hydrogen-bond donors (Lipinski definition) is 14. The number of nitrogens with two attached hydrogens (primary N) is 2. The van der Waals surface area contributed by atoms with Crippen LogP contribution in [0.3, 0.4) is 0 Å². The van der Waals surface area contributed by atoms with Gasteiger partial charge in [-0.05, 0) is 62.6 Å². The molecule has 5 atom stereocenters. The smallest absolute Gasteiger partial charge is 0.326 e. The third-order valence-electron chi connectivity index (χ3n) is 16.3. The van der Waals surface area contributed by atoms with Gasteiger partial charge in [-0.3, -0.25) is 53.4 Å². The molecule has 0 heterocycles. The van der Waals surface area contributed by atoms with Crippen LogP contribution in [0.4, 0.5) is 0 Å². The standard InChI is InChI=1S/C71H123N11O22/c1-53(67(92)54(2)57(21-19-31-80-71(73)74)69(94)82-59(68(72)93)48-55-24-26-56(83)27-25-55)20-17-18-30-75-62(86)49-101-44-41-98-37-33-77-64(88)51-103-46-43-100-39-35-79-65(89)52-104-47-42-99-38-34-78-63(87)50-102-45-40-97-36-32-76-60(84)29-28-58(70(95)96)81-61(85)22-15-13-11-9-7-5-3-4-6-8-10-12-14-16-23-66(90)91/h24-27,53-54,57-59,83H,3-23,28-52H2,1-2H3,(H2,72,93)(H,75,86)(H,76,84)(H,77,88)(H,78,87)(H,79,89)(H,81,85)(H,82,94)(H,90,91)(H,95,96)(H4,73,74,80)/t53-,54?,57+,58-,59-/m0/s1. The molecule has 16 N–H and O–H groups in total. The molecule has 0 radical (unpaired) electrons. The van der Waals surface area contributed by atoms with Crippen LogP contribution in [0, 0.1) is 23.2 Å². The second kappa shape index (κ2) is 63.8. The van der Waals surface area contributed by atoms with Crippen molar-refractivity contribution in [2.45, 2.75) is 180 Å². The molecule has 1 rings (SSSR count). The molecular formula is C71H123N11O22. The summed E-state index contributed by atoms with van der Waals surface area (Å²) in [6.45, 7) is 6.38. The Morgan fingerprint density at radius 3 is 1.21 bits per heavy atom. The minimum atomic E-state index is -1.20. The van der Waals surface area contributed by atoms with Crippen LogP contribution in [0.25, 0.3) is 0 Å². The Morgan fingerprint density at radius 1 is 0.404 bits per heavy atom. The predicted octanol–water partition coefficient (Wildman–Crippen LogP) is 2.19. The van der Waals surface area contributed by atoms with Gasteiger partial charge in [-0.15, -0.1) is 0 Å². The molecule has 0 aliphatic carbocycles. The quantitative estimate of drug-likeness (QED) is 0.0252. The van der Waals surface area contributed by atoms with Crippen LogP contribution in [0.15, 0.2) is 24.3 Å². The molecule has 0 saturated carbocycles. The minimum absolute atomic E-state index is 0.0481. The number of unbranched alkanes of at least 4 members (excludes halogenated alkanes) is 14. The highest BCUT2D eigenvalue weighted by molar-refractivity contribution is 5.92. The molecule has 0 aliphatic rings. The summed E-state index contributed by atoms with van der Waals surface area (Å²) in [5.74, 6) is -7.45. The first-order valence-corrected chi connectivity index (χ1v) is 36.8. The van der Waals surface area contributed by atoms with Crippen molar-refractivity contribution in [2.24, 2.45) is 29.2 Å². The average Bonchev–Trinajstić information content (AvgIpc) is 0.849. The summed E-state index contributed by atoms with van der Waals surface area (Å²) in [6, 6.07) is 3.94. The SMILES string of the molecule is CC(C(=O)[C@@H](C)CCCCNC(=O)COCCOCCNC(=O)COCCOCCNC(=O)COCCOCCNC(=O)COCCOCCNC(=O)CC[C@H](NC(=O)CCCCCCCCCCCCCCCCC(=O)O)C(=O)O)[C@@H](CCCNC(=N)N)C(=O)N[C@@H](Cc1ccc(O)cc1)C(N)=O. The van der Waals surface area contributed by atoms with Crippen molar-refractivity contribution in [2.75, 3.05) is 145 Å². The van der Waals surface area contributed by atoms with Gasteiger partial charge in [0.1, 0.15) is 50.0 Å². The number of nitrogens with one attached hydrogen (secondary N) is 9. The molecule has 104 heavy (non-hydrogen) atoms.